The van der Waals surface area contributed by atoms with Crippen LogP contribution in [0.2, 0.25) is 0 Å². The molecule has 2 amide bonds. The fraction of sp³-hybridized carbons (Fsp3) is 0.417. The first-order valence-corrected chi connectivity index (χ1v) is 11.6. The van der Waals surface area contributed by atoms with Crippen molar-refractivity contribution < 1.29 is 24.2 Å². The van der Waals surface area contributed by atoms with Gasteiger partial charge in [-0.3, -0.25) is 4.79 Å². The zero-order valence-electron chi connectivity index (χ0n) is 18.0. The van der Waals surface area contributed by atoms with Crippen LogP contribution in [0.15, 0.2) is 46.9 Å². The minimum absolute atomic E-state index is 0.00241. The summed E-state index contributed by atoms with van der Waals surface area (Å²) in [6.07, 6.45) is 2.33. The normalized spacial score (nSPS) is 19.1. The fourth-order valence-corrected chi connectivity index (χ4v) is 4.88. The van der Waals surface area contributed by atoms with Crippen LogP contribution < -0.4 is 9.47 Å². The minimum Gasteiger partial charge on any atom is -0.496 e. The lowest BCUT2D eigenvalue weighted by Gasteiger charge is -2.30. The number of rotatable bonds is 5. The Bertz CT molecular complexity index is 990. The van der Waals surface area contributed by atoms with Crippen LogP contribution in [0.4, 0.5) is 4.79 Å². The lowest BCUT2D eigenvalue weighted by atomic mass is 10.0. The molecule has 1 N–H and O–H groups in total. The van der Waals surface area contributed by atoms with Crippen LogP contribution >= 0.6 is 15.9 Å². The number of nitrogens with zero attached hydrogens (tertiary/aromatic N) is 2. The maximum Gasteiger partial charge on any atom is 0.407 e. The molecule has 7 nitrogen and oxygen atoms in total. The van der Waals surface area contributed by atoms with Crippen molar-refractivity contribution in [3.63, 3.8) is 0 Å². The number of carboxylic acid groups (broad SMARTS) is 1. The molecule has 2 aromatic rings. The third-order valence-electron chi connectivity index (χ3n) is 6.17. The molecule has 0 bridgehead atoms. The van der Waals surface area contributed by atoms with Crippen molar-refractivity contribution in [1.29, 1.82) is 0 Å². The Balaban J connectivity index is 1.46. The van der Waals surface area contributed by atoms with E-state index in [-0.39, 0.29) is 18.1 Å². The molecule has 4 rings (SSSR count). The van der Waals surface area contributed by atoms with Crippen LogP contribution in [0.25, 0.3) is 0 Å². The van der Waals surface area contributed by atoms with Gasteiger partial charge in [-0.15, -0.1) is 0 Å². The Hall–Kier alpha value is -2.74. The summed E-state index contributed by atoms with van der Waals surface area (Å²) < 4.78 is 12.3. The Kier molecular flexibility index (Phi) is 6.89. The number of piperidine rings is 1. The molecule has 1 atom stereocenters. The number of benzene rings is 2. The van der Waals surface area contributed by atoms with Gasteiger partial charge >= 0.3 is 6.09 Å². The molecular formula is C24H27BrN2O5. The monoisotopic (exact) mass is 502 g/mol. The highest BCUT2D eigenvalue weighted by atomic mass is 79.9. The quantitative estimate of drug-likeness (QED) is 0.625. The van der Waals surface area contributed by atoms with E-state index in [1.165, 1.54) is 4.90 Å². The van der Waals surface area contributed by atoms with Gasteiger partial charge in [0, 0.05) is 38.0 Å². The van der Waals surface area contributed by atoms with Gasteiger partial charge in [-0.1, -0.05) is 12.1 Å². The van der Waals surface area contributed by atoms with Crippen LogP contribution in [-0.4, -0.2) is 59.8 Å². The summed E-state index contributed by atoms with van der Waals surface area (Å²) >= 11 is 3.44. The molecule has 0 spiro atoms. The summed E-state index contributed by atoms with van der Waals surface area (Å²) in [5.41, 5.74) is 1.66. The lowest BCUT2D eigenvalue weighted by molar-refractivity contribution is 0.0732. The van der Waals surface area contributed by atoms with E-state index < -0.39 is 6.09 Å². The molecule has 0 radical (unpaired) electrons. The number of amides is 2. The van der Waals surface area contributed by atoms with E-state index in [1.807, 2.05) is 41.3 Å². The van der Waals surface area contributed by atoms with Gasteiger partial charge < -0.3 is 24.4 Å². The molecule has 2 aliphatic heterocycles. The highest BCUT2D eigenvalue weighted by molar-refractivity contribution is 9.10. The molecule has 2 aromatic carbocycles. The van der Waals surface area contributed by atoms with Gasteiger partial charge in [-0.2, -0.15) is 0 Å². The first-order chi connectivity index (χ1) is 15.5. The first kappa shape index (κ1) is 22.5. The molecule has 2 saturated heterocycles. The van der Waals surface area contributed by atoms with Crippen molar-refractivity contribution >= 4 is 27.9 Å². The van der Waals surface area contributed by atoms with Crippen LogP contribution in [0.3, 0.4) is 0 Å². The van der Waals surface area contributed by atoms with Crippen LogP contribution in [-0.2, 0) is 0 Å². The van der Waals surface area contributed by atoms with Gasteiger partial charge in [0.1, 0.15) is 17.6 Å². The summed E-state index contributed by atoms with van der Waals surface area (Å²) in [6.45, 7) is 1.68. The number of hydrogen-bond donors (Lipinski definition) is 1. The maximum atomic E-state index is 13.3. The third-order valence-corrected chi connectivity index (χ3v) is 6.82. The molecule has 1 unspecified atom stereocenters. The Morgan fingerprint density at radius 3 is 2.56 bits per heavy atom. The second kappa shape index (κ2) is 9.81. The van der Waals surface area contributed by atoms with E-state index in [9.17, 15) is 9.59 Å². The summed E-state index contributed by atoms with van der Waals surface area (Å²) in [7, 11) is 1.59. The predicted molar refractivity (Wildman–Crippen MR) is 123 cm³/mol. The minimum atomic E-state index is -0.875. The topological polar surface area (TPSA) is 79.3 Å². The Morgan fingerprint density at radius 1 is 1.06 bits per heavy atom. The zero-order chi connectivity index (χ0) is 22.7. The van der Waals surface area contributed by atoms with Crippen LogP contribution in [0.5, 0.6) is 11.5 Å². The molecule has 0 saturated carbocycles. The average molecular weight is 503 g/mol. The van der Waals surface area contributed by atoms with Gasteiger partial charge in [-0.05, 0) is 64.7 Å². The number of methoxy groups -OCH3 is 1. The molecule has 32 heavy (non-hydrogen) atoms. The maximum absolute atomic E-state index is 13.3. The van der Waals surface area contributed by atoms with Crippen molar-refractivity contribution in [2.24, 2.45) is 0 Å². The number of ether oxygens (including phenoxy) is 2. The van der Waals surface area contributed by atoms with Crippen molar-refractivity contribution in [3.8, 4) is 11.5 Å². The second-order valence-corrected chi connectivity index (χ2v) is 9.02. The van der Waals surface area contributed by atoms with E-state index >= 15 is 0 Å². The van der Waals surface area contributed by atoms with E-state index in [0.29, 0.717) is 43.8 Å². The number of halogens is 1. The van der Waals surface area contributed by atoms with Gasteiger partial charge in [-0.25, -0.2) is 4.79 Å². The van der Waals surface area contributed by atoms with E-state index in [2.05, 4.69) is 15.9 Å². The zero-order valence-corrected chi connectivity index (χ0v) is 19.6. The van der Waals surface area contributed by atoms with Crippen molar-refractivity contribution in [1.82, 2.24) is 9.80 Å². The Labute approximate surface area is 196 Å². The molecule has 8 heteroatoms. The number of carbonyl (C=O) groups is 2. The summed E-state index contributed by atoms with van der Waals surface area (Å²) in [5.74, 6) is 1.39. The predicted octanol–water partition coefficient (Wildman–Crippen LogP) is 4.96. The van der Waals surface area contributed by atoms with Gasteiger partial charge in [0.15, 0.2) is 0 Å². The largest absolute Gasteiger partial charge is 0.496 e. The molecular weight excluding hydrogens is 476 g/mol. The fourth-order valence-electron chi connectivity index (χ4n) is 4.47. The number of hydrogen-bond acceptors (Lipinski definition) is 4. The highest BCUT2D eigenvalue weighted by Gasteiger charge is 2.31. The van der Waals surface area contributed by atoms with Crippen LogP contribution in [0, 0.1) is 0 Å². The highest BCUT2D eigenvalue weighted by Crippen LogP contribution is 2.36. The number of carbonyl (C=O) groups excluding carboxylic acids is 1. The van der Waals surface area contributed by atoms with E-state index in [4.69, 9.17) is 14.6 Å². The van der Waals surface area contributed by atoms with Gasteiger partial charge in [0.2, 0.25) is 0 Å². The van der Waals surface area contributed by atoms with Crippen molar-refractivity contribution in [2.45, 2.75) is 37.8 Å². The molecule has 2 heterocycles. The lowest BCUT2D eigenvalue weighted by Crippen LogP contribution is -2.41. The van der Waals surface area contributed by atoms with Gasteiger partial charge in [0.05, 0.1) is 17.6 Å². The molecule has 2 aliphatic rings. The standard InChI is InChI=1S/C24H27BrN2O5/c1-31-22-15-17(7-8-20(22)25)23(28)27-11-3-6-21(27)16-4-2-5-19(14-16)32-18-9-12-26(13-10-18)24(29)30/h2,4-5,7-8,14-15,18,21H,3,6,9-13H2,1H3,(H,29,30). The average Bonchev–Trinajstić information content (AvgIpc) is 3.29. The SMILES string of the molecule is COc1cc(C(=O)N2CCCC2c2cccc(OC3CCN(C(=O)O)CC3)c2)ccc1Br. The third kappa shape index (κ3) is 4.85. The Morgan fingerprint density at radius 2 is 1.84 bits per heavy atom. The smallest absolute Gasteiger partial charge is 0.407 e. The van der Waals surface area contributed by atoms with Crippen molar-refractivity contribution in [3.05, 3.63) is 58.1 Å². The van der Waals surface area contributed by atoms with E-state index in [1.54, 1.807) is 13.2 Å². The molecule has 0 aromatic heterocycles. The van der Waals surface area contributed by atoms with Gasteiger partial charge in [0.25, 0.3) is 5.91 Å². The second-order valence-electron chi connectivity index (χ2n) is 8.17. The number of likely N-dealkylation sites (tertiary alicyclic amines) is 2. The summed E-state index contributed by atoms with van der Waals surface area (Å²) in [4.78, 5) is 27.7. The molecule has 0 aliphatic carbocycles. The first-order valence-electron chi connectivity index (χ1n) is 10.8. The summed E-state index contributed by atoms with van der Waals surface area (Å²) in [5, 5.41) is 9.11. The van der Waals surface area contributed by atoms with Crippen molar-refractivity contribution in [2.75, 3.05) is 26.7 Å². The molecule has 170 valence electrons. The molecule has 2 fully saturated rings. The van der Waals surface area contributed by atoms with E-state index in [0.717, 1.165) is 28.6 Å². The van der Waals surface area contributed by atoms with Crippen LogP contribution in [0.1, 0.15) is 47.6 Å². The summed E-state index contributed by atoms with van der Waals surface area (Å²) in [6, 6.07) is 13.4.